The van der Waals surface area contributed by atoms with Gasteiger partial charge in [-0.25, -0.2) is 9.18 Å². The topological polar surface area (TPSA) is 90.5 Å². The average molecular weight is 416 g/mol. The number of rotatable bonds is 5. The molecule has 2 saturated carbocycles. The Morgan fingerprint density at radius 2 is 1.93 bits per heavy atom. The molecular formula is C22H29FN4O3. The van der Waals surface area contributed by atoms with Crippen molar-refractivity contribution in [2.24, 2.45) is 11.8 Å². The minimum Gasteiger partial charge on any atom is -0.352 e. The van der Waals surface area contributed by atoms with Crippen LogP contribution in [0.5, 0.6) is 0 Å². The first-order valence-electron chi connectivity index (χ1n) is 10.7. The molecule has 0 spiro atoms. The number of amides is 4. The maximum Gasteiger partial charge on any atom is 0.314 e. The second kappa shape index (κ2) is 8.24. The molecule has 2 aliphatic carbocycles. The van der Waals surface area contributed by atoms with Gasteiger partial charge in [0.15, 0.2) is 0 Å². The quantitative estimate of drug-likeness (QED) is 0.680. The first-order valence-corrected chi connectivity index (χ1v) is 10.7. The number of benzene rings is 1. The van der Waals surface area contributed by atoms with Crippen LogP contribution in [0.15, 0.2) is 24.3 Å². The van der Waals surface area contributed by atoms with Gasteiger partial charge in [-0.15, -0.1) is 0 Å². The summed E-state index contributed by atoms with van der Waals surface area (Å²) in [4.78, 5) is 38.8. The molecule has 3 atom stereocenters. The highest BCUT2D eigenvalue weighted by Crippen LogP contribution is 2.46. The number of hydrogen-bond donors (Lipinski definition) is 3. The largest absolute Gasteiger partial charge is 0.352 e. The van der Waals surface area contributed by atoms with Crippen LogP contribution in [0.3, 0.4) is 0 Å². The SMILES string of the molecule is CNC(=O)NCC(=O)N1CC2CCC(NC(=O)C3(c4ccccc4F)CCC3)C2C1. The molecule has 3 N–H and O–H groups in total. The van der Waals surface area contributed by atoms with E-state index in [1.165, 1.54) is 13.1 Å². The van der Waals surface area contributed by atoms with E-state index in [1.807, 2.05) is 0 Å². The van der Waals surface area contributed by atoms with Crippen molar-refractivity contribution in [1.29, 1.82) is 0 Å². The molecule has 0 radical (unpaired) electrons. The molecule has 30 heavy (non-hydrogen) atoms. The summed E-state index contributed by atoms with van der Waals surface area (Å²) in [5.41, 5.74) is -0.276. The van der Waals surface area contributed by atoms with Gasteiger partial charge in [0.25, 0.3) is 0 Å². The molecule has 8 heteroatoms. The highest BCUT2D eigenvalue weighted by molar-refractivity contribution is 5.89. The van der Waals surface area contributed by atoms with Crippen LogP contribution in [0.4, 0.5) is 9.18 Å². The number of likely N-dealkylation sites (tertiary alicyclic amines) is 1. The van der Waals surface area contributed by atoms with Crippen LogP contribution in [0.1, 0.15) is 37.7 Å². The molecule has 7 nitrogen and oxygen atoms in total. The third-order valence-electron chi connectivity index (χ3n) is 7.18. The molecule has 1 aromatic carbocycles. The van der Waals surface area contributed by atoms with E-state index in [9.17, 15) is 18.8 Å². The van der Waals surface area contributed by atoms with Crippen LogP contribution in [-0.2, 0) is 15.0 Å². The Labute approximate surface area is 175 Å². The van der Waals surface area contributed by atoms with E-state index in [0.29, 0.717) is 37.4 Å². The molecule has 4 rings (SSSR count). The number of nitrogens with one attached hydrogen (secondary N) is 3. The van der Waals surface area contributed by atoms with E-state index < -0.39 is 5.41 Å². The molecule has 162 valence electrons. The van der Waals surface area contributed by atoms with Gasteiger partial charge in [0, 0.05) is 37.7 Å². The number of urea groups is 1. The third kappa shape index (κ3) is 3.63. The van der Waals surface area contributed by atoms with E-state index in [4.69, 9.17) is 0 Å². The van der Waals surface area contributed by atoms with Crippen molar-refractivity contribution in [2.75, 3.05) is 26.7 Å². The lowest BCUT2D eigenvalue weighted by Gasteiger charge is -2.42. The lowest BCUT2D eigenvalue weighted by atomic mass is 9.63. The first-order chi connectivity index (χ1) is 14.4. The van der Waals surface area contributed by atoms with Crippen molar-refractivity contribution in [2.45, 2.75) is 43.6 Å². The predicted octanol–water partition coefficient (Wildman–Crippen LogP) is 1.53. The van der Waals surface area contributed by atoms with Crippen LogP contribution in [-0.4, -0.2) is 55.5 Å². The Morgan fingerprint density at radius 1 is 1.17 bits per heavy atom. The summed E-state index contributed by atoms with van der Waals surface area (Å²) in [5.74, 6) is 0.0362. The van der Waals surface area contributed by atoms with Gasteiger partial charge in [-0.2, -0.15) is 0 Å². The van der Waals surface area contributed by atoms with Crippen molar-refractivity contribution < 1.29 is 18.8 Å². The zero-order chi connectivity index (χ0) is 21.3. The fraction of sp³-hybridized carbons (Fsp3) is 0.591. The van der Waals surface area contributed by atoms with Crippen molar-refractivity contribution >= 4 is 17.8 Å². The number of hydrogen-bond acceptors (Lipinski definition) is 3. The van der Waals surface area contributed by atoms with Crippen molar-refractivity contribution in [3.8, 4) is 0 Å². The monoisotopic (exact) mass is 416 g/mol. The molecule has 1 saturated heterocycles. The fourth-order valence-electron chi connectivity index (χ4n) is 5.31. The minimum absolute atomic E-state index is 0.00329. The lowest BCUT2D eigenvalue weighted by molar-refractivity contribution is -0.131. The Bertz CT molecular complexity index is 841. The van der Waals surface area contributed by atoms with Gasteiger partial charge in [-0.05, 0) is 37.7 Å². The average Bonchev–Trinajstić information content (AvgIpc) is 3.28. The van der Waals surface area contributed by atoms with Crippen LogP contribution in [0.25, 0.3) is 0 Å². The van der Waals surface area contributed by atoms with Gasteiger partial charge in [0.05, 0.1) is 12.0 Å². The second-order valence-electron chi connectivity index (χ2n) is 8.73. The highest BCUT2D eigenvalue weighted by atomic mass is 19.1. The van der Waals surface area contributed by atoms with E-state index in [-0.39, 0.29) is 42.2 Å². The van der Waals surface area contributed by atoms with Crippen molar-refractivity contribution in [1.82, 2.24) is 20.9 Å². The van der Waals surface area contributed by atoms with Gasteiger partial charge in [-0.1, -0.05) is 24.6 Å². The number of carbonyl (C=O) groups excluding carboxylic acids is 3. The maximum atomic E-state index is 14.4. The molecule has 3 fully saturated rings. The highest BCUT2D eigenvalue weighted by Gasteiger charge is 2.50. The summed E-state index contributed by atoms with van der Waals surface area (Å²) < 4.78 is 14.4. The summed E-state index contributed by atoms with van der Waals surface area (Å²) in [6, 6.07) is 6.18. The minimum atomic E-state index is -0.769. The van der Waals surface area contributed by atoms with E-state index in [0.717, 1.165) is 19.3 Å². The molecule has 1 heterocycles. The Morgan fingerprint density at radius 3 is 2.60 bits per heavy atom. The number of fused-ring (bicyclic) bond motifs is 1. The lowest BCUT2D eigenvalue weighted by Crippen LogP contribution is -2.53. The van der Waals surface area contributed by atoms with Gasteiger partial charge in [-0.3, -0.25) is 9.59 Å². The molecule has 0 aromatic heterocycles. The zero-order valence-corrected chi connectivity index (χ0v) is 17.2. The predicted molar refractivity (Wildman–Crippen MR) is 109 cm³/mol. The Kier molecular flexibility index (Phi) is 5.66. The normalized spacial score (nSPS) is 26.5. The van der Waals surface area contributed by atoms with Gasteiger partial charge in [0.1, 0.15) is 5.82 Å². The summed E-state index contributed by atoms with van der Waals surface area (Å²) in [7, 11) is 1.50. The summed E-state index contributed by atoms with van der Waals surface area (Å²) in [5, 5.41) is 8.17. The molecule has 3 unspecified atom stereocenters. The van der Waals surface area contributed by atoms with E-state index in [2.05, 4.69) is 16.0 Å². The van der Waals surface area contributed by atoms with E-state index >= 15 is 0 Å². The van der Waals surface area contributed by atoms with E-state index in [1.54, 1.807) is 23.1 Å². The molecule has 4 amide bonds. The zero-order valence-electron chi connectivity index (χ0n) is 17.2. The summed E-state index contributed by atoms with van der Waals surface area (Å²) >= 11 is 0. The van der Waals surface area contributed by atoms with Gasteiger partial charge >= 0.3 is 6.03 Å². The molecule has 0 bridgehead atoms. The Hall–Kier alpha value is -2.64. The number of halogens is 1. The van der Waals surface area contributed by atoms with Crippen LogP contribution in [0, 0.1) is 17.7 Å². The number of nitrogens with zero attached hydrogens (tertiary/aromatic N) is 1. The van der Waals surface area contributed by atoms with Crippen molar-refractivity contribution in [3.05, 3.63) is 35.6 Å². The van der Waals surface area contributed by atoms with Gasteiger partial charge in [0.2, 0.25) is 11.8 Å². The Balaban J connectivity index is 1.39. The number of carbonyl (C=O) groups is 3. The summed E-state index contributed by atoms with van der Waals surface area (Å²) in [6.45, 7) is 1.20. The van der Waals surface area contributed by atoms with Gasteiger partial charge < -0.3 is 20.9 Å². The molecule has 1 aliphatic heterocycles. The smallest absolute Gasteiger partial charge is 0.314 e. The fourth-order valence-corrected chi connectivity index (χ4v) is 5.31. The van der Waals surface area contributed by atoms with Crippen molar-refractivity contribution in [3.63, 3.8) is 0 Å². The standard InChI is InChI=1S/C22H29FN4O3/c1-24-21(30)25-11-19(28)27-12-14-7-8-18(15(14)13-27)26-20(29)22(9-4-10-22)16-5-2-3-6-17(16)23/h2-3,5-6,14-15,18H,4,7-13H2,1H3,(H,26,29)(H2,24,25,30). The second-order valence-corrected chi connectivity index (χ2v) is 8.73. The molecular weight excluding hydrogens is 387 g/mol. The first kappa shape index (κ1) is 20.6. The summed E-state index contributed by atoms with van der Waals surface area (Å²) in [6.07, 6.45) is 4.08. The molecule has 1 aromatic rings. The van der Waals surface area contributed by atoms with Crippen LogP contribution in [0.2, 0.25) is 0 Å². The maximum absolute atomic E-state index is 14.4. The van der Waals surface area contributed by atoms with Crippen LogP contribution < -0.4 is 16.0 Å². The van der Waals surface area contributed by atoms with Crippen LogP contribution >= 0.6 is 0 Å². The molecule has 3 aliphatic rings. The third-order valence-corrected chi connectivity index (χ3v) is 7.18.